The summed E-state index contributed by atoms with van der Waals surface area (Å²) in [6.07, 6.45) is 0. The van der Waals surface area contributed by atoms with Gasteiger partial charge in [0.1, 0.15) is 0 Å². The minimum Gasteiger partial charge on any atom is -0.0683 e. The third kappa shape index (κ3) is 8.95. The van der Waals surface area contributed by atoms with E-state index in [1.807, 2.05) is 41.5 Å². The molecule has 0 heteroatoms. The van der Waals surface area contributed by atoms with Crippen LogP contribution in [0.15, 0.2) is 267 Å². The Balaban J connectivity index is 0.000000154. The highest BCUT2D eigenvalue weighted by Gasteiger charge is 2.20. The number of benzene rings is 14. The maximum Gasteiger partial charge on any atom is -0.00201 e. The first-order valence-electron chi connectivity index (χ1n) is 26.6. The van der Waals surface area contributed by atoms with E-state index < -0.39 is 0 Å². The second-order valence-electron chi connectivity index (χ2n) is 17.9. The molecule has 0 fully saturated rings. The first-order valence-corrected chi connectivity index (χ1v) is 26.6. The SMILES string of the molecule is CC.CC.CC.c1ccc2cc(-c3c4ccccc4c(-c4cccc5ccccc45)c4ccccc34)ccc2c1.c1ccc2cc(-c3c4ccccc4c(-c4cccc5ccccc45)c4ccccc34)ccc2c1. The number of rotatable bonds is 4. The molecule has 0 aliphatic heterocycles. The summed E-state index contributed by atoms with van der Waals surface area (Å²) in [7, 11) is 0. The lowest BCUT2D eigenvalue weighted by atomic mass is 9.84. The molecule has 0 saturated carbocycles. The quantitative estimate of drug-likeness (QED) is 0.154. The first-order chi connectivity index (χ1) is 36.8. The van der Waals surface area contributed by atoms with E-state index in [9.17, 15) is 0 Å². The second-order valence-corrected chi connectivity index (χ2v) is 17.9. The molecule has 0 N–H and O–H groups in total. The van der Waals surface area contributed by atoms with Gasteiger partial charge < -0.3 is 0 Å². The van der Waals surface area contributed by atoms with Gasteiger partial charge in [-0.1, -0.05) is 296 Å². The minimum atomic E-state index is 1.26. The molecule has 0 aliphatic carbocycles. The maximum absolute atomic E-state index is 2.33. The van der Waals surface area contributed by atoms with Crippen LogP contribution in [0, 0.1) is 0 Å². The summed E-state index contributed by atoms with van der Waals surface area (Å²) in [6, 6.07) is 97.1. The van der Waals surface area contributed by atoms with Crippen molar-refractivity contribution in [2.24, 2.45) is 0 Å². The molecule has 0 radical (unpaired) electrons. The zero-order chi connectivity index (χ0) is 51.0. The third-order valence-electron chi connectivity index (χ3n) is 14.1. The van der Waals surface area contributed by atoms with Crippen molar-refractivity contribution in [2.45, 2.75) is 41.5 Å². The van der Waals surface area contributed by atoms with Crippen LogP contribution in [-0.2, 0) is 0 Å². The van der Waals surface area contributed by atoms with Crippen LogP contribution in [0.4, 0.5) is 0 Å². The highest BCUT2D eigenvalue weighted by molar-refractivity contribution is 6.25. The molecule has 14 rings (SSSR count). The lowest BCUT2D eigenvalue weighted by Crippen LogP contribution is -1.91. The topological polar surface area (TPSA) is 0 Å². The minimum absolute atomic E-state index is 1.26. The normalized spacial score (nSPS) is 10.8. The van der Waals surface area contributed by atoms with E-state index in [1.54, 1.807) is 0 Å². The molecule has 14 aromatic carbocycles. The Morgan fingerprint density at radius 1 is 0.162 bits per heavy atom. The highest BCUT2D eigenvalue weighted by Crippen LogP contribution is 2.47. The summed E-state index contributed by atoms with van der Waals surface area (Å²) < 4.78 is 0. The van der Waals surface area contributed by atoms with Crippen molar-refractivity contribution in [1.82, 2.24) is 0 Å². The molecule has 358 valence electrons. The molecule has 14 aromatic rings. The third-order valence-corrected chi connectivity index (χ3v) is 14.1. The fourth-order valence-electron chi connectivity index (χ4n) is 11.0. The van der Waals surface area contributed by atoms with Crippen molar-refractivity contribution < 1.29 is 0 Å². The fraction of sp³-hybridized carbons (Fsp3) is 0.0811. The Morgan fingerprint density at radius 2 is 0.392 bits per heavy atom. The van der Waals surface area contributed by atoms with Crippen molar-refractivity contribution in [3.05, 3.63) is 267 Å². The lowest BCUT2D eigenvalue weighted by molar-refractivity contribution is 1.50. The van der Waals surface area contributed by atoms with E-state index in [1.165, 1.54) is 131 Å². The van der Waals surface area contributed by atoms with Crippen molar-refractivity contribution >= 4 is 86.2 Å². The molecule has 74 heavy (non-hydrogen) atoms. The predicted molar refractivity (Wildman–Crippen MR) is 329 cm³/mol. The Morgan fingerprint density at radius 3 is 0.703 bits per heavy atom. The molecule has 0 bridgehead atoms. The number of hydrogen-bond acceptors (Lipinski definition) is 0. The molecule has 0 saturated heterocycles. The summed E-state index contributed by atoms with van der Waals surface area (Å²) in [5.74, 6) is 0. The zero-order valence-electron chi connectivity index (χ0n) is 43.4. The highest BCUT2D eigenvalue weighted by atomic mass is 14.2. The van der Waals surface area contributed by atoms with Crippen LogP contribution in [0.1, 0.15) is 41.5 Å². The van der Waals surface area contributed by atoms with E-state index in [4.69, 9.17) is 0 Å². The molecular weight excluding hydrogens is 889 g/mol. The van der Waals surface area contributed by atoms with Crippen LogP contribution >= 0.6 is 0 Å². The summed E-state index contributed by atoms with van der Waals surface area (Å²) in [5.41, 5.74) is 10.3. The van der Waals surface area contributed by atoms with E-state index in [0.29, 0.717) is 0 Å². The van der Waals surface area contributed by atoms with Crippen LogP contribution in [-0.4, -0.2) is 0 Å². The van der Waals surface area contributed by atoms with Gasteiger partial charge in [-0.05, 0) is 143 Å². The first kappa shape index (κ1) is 48.8. The number of fused-ring (bicyclic) bond motifs is 8. The van der Waals surface area contributed by atoms with Crippen LogP contribution in [0.25, 0.3) is 131 Å². The average Bonchev–Trinajstić information content (AvgIpc) is 3.50. The van der Waals surface area contributed by atoms with Gasteiger partial charge in [-0.15, -0.1) is 0 Å². The Hall–Kier alpha value is -8.84. The Kier molecular flexibility index (Phi) is 14.7. The predicted octanol–water partition coefficient (Wildman–Crippen LogP) is 22.3. The van der Waals surface area contributed by atoms with E-state index in [0.717, 1.165) is 0 Å². The van der Waals surface area contributed by atoms with Gasteiger partial charge in [-0.2, -0.15) is 0 Å². The molecule has 0 aliphatic rings. The average molecular weight is 951 g/mol. The zero-order valence-corrected chi connectivity index (χ0v) is 43.4. The van der Waals surface area contributed by atoms with Gasteiger partial charge in [0.05, 0.1) is 0 Å². The van der Waals surface area contributed by atoms with Gasteiger partial charge in [0.2, 0.25) is 0 Å². The van der Waals surface area contributed by atoms with Gasteiger partial charge in [0, 0.05) is 0 Å². The van der Waals surface area contributed by atoms with Crippen molar-refractivity contribution in [2.75, 3.05) is 0 Å². The molecule has 0 unspecified atom stereocenters. The van der Waals surface area contributed by atoms with Gasteiger partial charge in [-0.25, -0.2) is 0 Å². The van der Waals surface area contributed by atoms with Gasteiger partial charge >= 0.3 is 0 Å². The molecule has 0 nitrogen and oxygen atoms in total. The van der Waals surface area contributed by atoms with Crippen molar-refractivity contribution in [1.29, 1.82) is 0 Å². The van der Waals surface area contributed by atoms with Crippen LogP contribution in [0.3, 0.4) is 0 Å². The van der Waals surface area contributed by atoms with Crippen LogP contribution in [0.2, 0.25) is 0 Å². The number of hydrogen-bond donors (Lipinski definition) is 0. The molecule has 0 heterocycles. The van der Waals surface area contributed by atoms with Gasteiger partial charge in [-0.3, -0.25) is 0 Å². The van der Waals surface area contributed by atoms with E-state index >= 15 is 0 Å². The molecule has 0 aromatic heterocycles. The monoisotopic (exact) mass is 950 g/mol. The molecule has 0 atom stereocenters. The molecule has 0 amide bonds. The summed E-state index contributed by atoms with van der Waals surface area (Å²) in [5, 5.41) is 20.5. The maximum atomic E-state index is 2.33. The van der Waals surface area contributed by atoms with Crippen LogP contribution < -0.4 is 0 Å². The fourth-order valence-corrected chi connectivity index (χ4v) is 11.0. The molecular formula is C74H62. The largest absolute Gasteiger partial charge is 0.0683 e. The van der Waals surface area contributed by atoms with Gasteiger partial charge in [0.25, 0.3) is 0 Å². The van der Waals surface area contributed by atoms with E-state index in [-0.39, 0.29) is 0 Å². The lowest BCUT2D eigenvalue weighted by Gasteiger charge is -2.19. The molecule has 0 spiro atoms. The Labute approximate surface area is 436 Å². The Bertz CT molecular complexity index is 3870. The van der Waals surface area contributed by atoms with Crippen LogP contribution in [0.5, 0.6) is 0 Å². The van der Waals surface area contributed by atoms with E-state index in [2.05, 4.69) is 267 Å². The van der Waals surface area contributed by atoms with Gasteiger partial charge in [0.15, 0.2) is 0 Å². The standard InChI is InChI=1S/2C34H22.3C2H6/c2*1-2-12-25-22-26(21-20-23(25)10-1)33-29-15-5-7-17-31(29)34(32-18-8-6-16-30(32)33)28-19-9-13-24-11-3-4-14-27(24)28;3*1-2/h2*1-22H;3*1-2H3. The summed E-state index contributed by atoms with van der Waals surface area (Å²) in [4.78, 5) is 0. The van der Waals surface area contributed by atoms with Crippen molar-refractivity contribution in [3.8, 4) is 44.5 Å². The second kappa shape index (κ2) is 22.3. The smallest absolute Gasteiger partial charge is 0.00201 e. The summed E-state index contributed by atoms with van der Waals surface area (Å²) >= 11 is 0. The summed E-state index contributed by atoms with van der Waals surface area (Å²) in [6.45, 7) is 12.0. The van der Waals surface area contributed by atoms with Crippen molar-refractivity contribution in [3.63, 3.8) is 0 Å².